The minimum Gasteiger partial charge on any atom is -0.460 e. The van der Waals surface area contributed by atoms with Crippen molar-refractivity contribution in [3.05, 3.63) is 53.0 Å². The van der Waals surface area contributed by atoms with Crippen LogP contribution in [0.5, 0.6) is 0 Å². The number of benzene rings is 1. The van der Waals surface area contributed by atoms with E-state index in [9.17, 15) is 9.18 Å². The number of aryl methyl sites for hydroxylation is 1. The standard InChI is InChI=1S/C31H38FN5O4/c1-18(2)27-23(13-12-21-16-22(40-31(6,7)39-21)17-25(38)41-30(3,4)5)26(19-8-10-20(32)11-9-19)24-14-15-37-29(28(24)33-27)34-35-36-37/h8-13,18,21-22H,14-17H2,1-7H3/b13-12+/t21-,22-/m1/s1. The molecule has 1 saturated heterocycles. The highest BCUT2D eigenvalue weighted by Crippen LogP contribution is 2.40. The summed E-state index contributed by atoms with van der Waals surface area (Å²) in [6, 6.07) is 6.55. The van der Waals surface area contributed by atoms with Crippen molar-refractivity contribution in [3.8, 4) is 22.6 Å². The molecule has 0 bridgehead atoms. The third kappa shape index (κ3) is 6.54. The van der Waals surface area contributed by atoms with Crippen LogP contribution in [0.4, 0.5) is 4.39 Å². The number of rotatable bonds is 6. The SMILES string of the molecule is CC(C)c1nc2c(c(-c3ccc(F)cc3)c1/C=C/[C@@H]1C[C@H](CC(=O)OC(C)(C)C)OC(C)(C)O1)CCn1nnnc1-2. The highest BCUT2D eigenvalue weighted by atomic mass is 19.1. The molecule has 3 aromatic rings. The minimum atomic E-state index is -0.883. The van der Waals surface area contributed by atoms with Crippen LogP contribution in [0.15, 0.2) is 30.3 Å². The molecule has 0 N–H and O–H groups in total. The van der Waals surface area contributed by atoms with Gasteiger partial charge in [-0.15, -0.1) is 5.10 Å². The van der Waals surface area contributed by atoms with Gasteiger partial charge in [0.2, 0.25) is 5.82 Å². The van der Waals surface area contributed by atoms with Crippen LogP contribution in [-0.4, -0.2) is 54.8 Å². The van der Waals surface area contributed by atoms with Crippen LogP contribution in [0.3, 0.4) is 0 Å². The summed E-state index contributed by atoms with van der Waals surface area (Å²) < 4.78 is 33.6. The van der Waals surface area contributed by atoms with Gasteiger partial charge in [-0.3, -0.25) is 4.79 Å². The first-order chi connectivity index (χ1) is 19.3. The normalized spacial score (nSPS) is 20.2. The van der Waals surface area contributed by atoms with Crippen LogP contribution in [0.2, 0.25) is 0 Å². The average molecular weight is 564 g/mol. The second-order valence-electron chi connectivity index (χ2n) is 12.4. The fourth-order valence-electron chi connectivity index (χ4n) is 5.55. The van der Waals surface area contributed by atoms with Gasteiger partial charge in [-0.05, 0) is 86.2 Å². The number of pyridine rings is 1. The van der Waals surface area contributed by atoms with Gasteiger partial charge in [0, 0.05) is 18.5 Å². The lowest BCUT2D eigenvalue weighted by atomic mass is 9.86. The average Bonchev–Trinajstić information content (AvgIpc) is 3.34. The molecule has 2 aromatic heterocycles. The lowest BCUT2D eigenvalue weighted by molar-refractivity contribution is -0.290. The Morgan fingerprint density at radius 1 is 1.22 bits per heavy atom. The largest absolute Gasteiger partial charge is 0.460 e. The number of halogens is 1. The Bertz CT molecular complexity index is 1460. The number of esters is 1. The lowest BCUT2D eigenvalue weighted by Crippen LogP contribution is -2.45. The van der Waals surface area contributed by atoms with E-state index in [0.29, 0.717) is 25.2 Å². The van der Waals surface area contributed by atoms with Crippen molar-refractivity contribution < 1.29 is 23.4 Å². The summed E-state index contributed by atoms with van der Waals surface area (Å²) >= 11 is 0. The van der Waals surface area contributed by atoms with Crippen molar-refractivity contribution in [1.82, 2.24) is 25.2 Å². The van der Waals surface area contributed by atoms with Crippen LogP contribution in [0, 0.1) is 5.82 Å². The number of aromatic nitrogens is 5. The molecule has 41 heavy (non-hydrogen) atoms. The van der Waals surface area contributed by atoms with Gasteiger partial charge in [0.1, 0.15) is 17.1 Å². The molecule has 0 aliphatic carbocycles. The molecule has 0 spiro atoms. The summed E-state index contributed by atoms with van der Waals surface area (Å²) in [4.78, 5) is 17.7. The van der Waals surface area contributed by atoms with Crippen molar-refractivity contribution >= 4 is 12.0 Å². The molecule has 5 rings (SSSR count). The van der Waals surface area contributed by atoms with E-state index >= 15 is 0 Å². The van der Waals surface area contributed by atoms with E-state index in [1.54, 1.807) is 16.8 Å². The maximum Gasteiger partial charge on any atom is 0.308 e. The molecule has 0 saturated carbocycles. The summed E-state index contributed by atoms with van der Waals surface area (Å²) in [5, 5.41) is 12.2. The first-order valence-corrected chi connectivity index (χ1v) is 14.1. The molecule has 0 radical (unpaired) electrons. The maximum absolute atomic E-state index is 14.0. The number of hydrogen-bond donors (Lipinski definition) is 0. The Labute approximate surface area is 240 Å². The summed E-state index contributed by atoms with van der Waals surface area (Å²) in [6.07, 6.45) is 4.72. The van der Waals surface area contributed by atoms with Gasteiger partial charge in [-0.25, -0.2) is 14.1 Å². The third-order valence-corrected chi connectivity index (χ3v) is 7.04. The molecule has 2 atom stereocenters. The van der Waals surface area contributed by atoms with Gasteiger partial charge in [0.25, 0.3) is 0 Å². The van der Waals surface area contributed by atoms with Crippen LogP contribution in [-0.2, 0) is 32.0 Å². The molecule has 1 aromatic carbocycles. The Hall–Kier alpha value is -3.50. The van der Waals surface area contributed by atoms with Crippen molar-refractivity contribution in [3.63, 3.8) is 0 Å². The Morgan fingerprint density at radius 3 is 2.63 bits per heavy atom. The molecule has 0 amide bonds. The fourth-order valence-corrected chi connectivity index (χ4v) is 5.55. The van der Waals surface area contributed by atoms with E-state index in [-0.39, 0.29) is 36.3 Å². The van der Waals surface area contributed by atoms with E-state index in [0.717, 1.165) is 33.6 Å². The smallest absolute Gasteiger partial charge is 0.308 e. The molecule has 9 nitrogen and oxygen atoms in total. The zero-order chi connectivity index (χ0) is 29.5. The van der Waals surface area contributed by atoms with Gasteiger partial charge in [0.05, 0.1) is 24.3 Å². The summed E-state index contributed by atoms with van der Waals surface area (Å²) in [6.45, 7) is 14.1. The highest BCUT2D eigenvalue weighted by Gasteiger charge is 2.36. The number of fused-ring (bicyclic) bond motifs is 3. The minimum absolute atomic E-state index is 0.0809. The quantitative estimate of drug-likeness (QED) is 0.343. The van der Waals surface area contributed by atoms with E-state index in [1.807, 2.05) is 40.7 Å². The fraction of sp³-hybridized carbons (Fsp3) is 0.516. The molecule has 0 unspecified atom stereocenters. The molecule has 2 aliphatic heterocycles. The summed E-state index contributed by atoms with van der Waals surface area (Å²) in [5.74, 6) is -0.768. The predicted octanol–water partition coefficient (Wildman–Crippen LogP) is 5.88. The van der Waals surface area contributed by atoms with Crippen LogP contribution in [0.25, 0.3) is 28.7 Å². The number of tetrazole rings is 1. The molecule has 4 heterocycles. The summed E-state index contributed by atoms with van der Waals surface area (Å²) in [5.41, 5.74) is 4.92. The zero-order valence-corrected chi connectivity index (χ0v) is 24.8. The second-order valence-corrected chi connectivity index (χ2v) is 12.4. The number of carbonyl (C=O) groups excluding carboxylic acids is 1. The van der Waals surface area contributed by atoms with Gasteiger partial charge in [-0.2, -0.15) is 0 Å². The van der Waals surface area contributed by atoms with Crippen LogP contribution in [0.1, 0.15) is 84.0 Å². The van der Waals surface area contributed by atoms with Crippen molar-refractivity contribution in [2.75, 3.05) is 0 Å². The number of carbonyl (C=O) groups is 1. The molecule has 2 aliphatic rings. The highest BCUT2D eigenvalue weighted by molar-refractivity contribution is 5.84. The first kappa shape index (κ1) is 29.0. The van der Waals surface area contributed by atoms with Gasteiger partial charge in [-0.1, -0.05) is 38.1 Å². The molecule has 1 fully saturated rings. The van der Waals surface area contributed by atoms with E-state index in [2.05, 4.69) is 35.4 Å². The van der Waals surface area contributed by atoms with Crippen molar-refractivity contribution in [1.29, 1.82) is 0 Å². The van der Waals surface area contributed by atoms with Crippen molar-refractivity contribution in [2.45, 2.75) is 104 Å². The number of ether oxygens (including phenoxy) is 3. The number of nitrogens with zero attached hydrogens (tertiary/aromatic N) is 5. The maximum atomic E-state index is 14.0. The topological polar surface area (TPSA) is 101 Å². The summed E-state index contributed by atoms with van der Waals surface area (Å²) in [7, 11) is 0. The van der Waals surface area contributed by atoms with Crippen molar-refractivity contribution in [2.24, 2.45) is 0 Å². The lowest BCUT2D eigenvalue weighted by Gasteiger charge is -2.40. The van der Waals surface area contributed by atoms with Crippen LogP contribution >= 0.6 is 0 Å². The second kappa shape index (κ2) is 11.1. The Morgan fingerprint density at radius 2 is 1.95 bits per heavy atom. The van der Waals surface area contributed by atoms with Crippen LogP contribution < -0.4 is 0 Å². The molecule has 218 valence electrons. The van der Waals surface area contributed by atoms with E-state index < -0.39 is 11.4 Å². The molecular formula is C31H38FN5O4. The van der Waals surface area contributed by atoms with E-state index in [1.165, 1.54) is 12.1 Å². The Kier molecular flexibility index (Phi) is 7.82. The van der Waals surface area contributed by atoms with Gasteiger partial charge in [0.15, 0.2) is 5.79 Å². The Balaban J connectivity index is 1.55. The van der Waals surface area contributed by atoms with Gasteiger partial charge < -0.3 is 14.2 Å². The zero-order valence-electron chi connectivity index (χ0n) is 24.8. The number of hydrogen-bond acceptors (Lipinski definition) is 8. The first-order valence-electron chi connectivity index (χ1n) is 14.1. The third-order valence-electron chi connectivity index (χ3n) is 7.04. The predicted molar refractivity (Wildman–Crippen MR) is 152 cm³/mol. The molecule has 10 heteroatoms. The monoisotopic (exact) mass is 563 g/mol. The van der Waals surface area contributed by atoms with Gasteiger partial charge >= 0.3 is 5.97 Å². The molecular weight excluding hydrogens is 525 g/mol. The van der Waals surface area contributed by atoms with E-state index in [4.69, 9.17) is 19.2 Å².